The Bertz CT molecular complexity index is 1070. The van der Waals surface area contributed by atoms with Gasteiger partial charge in [0.2, 0.25) is 10.0 Å². The standard InChI is InChI=1S/C20H22ClN3O5S/c1-23-5-7-24(8-6-23)30(26,27)16-4-2-3-15(13-16)22-20(25)14-11-17(21)19-18(12-14)28-9-10-29-19/h2-4,11-13H,5-10H2,1H3,(H,22,25). The van der Waals surface area contributed by atoms with Gasteiger partial charge in [0.05, 0.1) is 9.92 Å². The molecule has 0 bridgehead atoms. The zero-order valence-electron chi connectivity index (χ0n) is 16.4. The zero-order chi connectivity index (χ0) is 21.3. The second-order valence-electron chi connectivity index (χ2n) is 7.17. The Balaban J connectivity index is 1.53. The molecule has 8 nitrogen and oxygen atoms in total. The molecular formula is C20H22ClN3O5S. The molecule has 0 saturated carbocycles. The van der Waals surface area contributed by atoms with Crippen LogP contribution in [0.1, 0.15) is 10.4 Å². The fourth-order valence-corrected chi connectivity index (χ4v) is 5.09. The third-order valence-corrected chi connectivity index (χ3v) is 7.23. The van der Waals surface area contributed by atoms with Crippen molar-refractivity contribution in [2.45, 2.75) is 4.90 Å². The van der Waals surface area contributed by atoms with E-state index in [9.17, 15) is 13.2 Å². The molecule has 2 aromatic rings. The summed E-state index contributed by atoms with van der Waals surface area (Å²) in [7, 11) is -1.67. The van der Waals surface area contributed by atoms with Gasteiger partial charge in [-0.1, -0.05) is 17.7 Å². The molecule has 2 heterocycles. The minimum Gasteiger partial charge on any atom is -0.486 e. The lowest BCUT2D eigenvalue weighted by molar-refractivity contribution is 0.102. The van der Waals surface area contributed by atoms with E-state index in [-0.39, 0.29) is 15.5 Å². The monoisotopic (exact) mass is 451 g/mol. The number of carbonyl (C=O) groups excluding carboxylic acids is 1. The second-order valence-corrected chi connectivity index (χ2v) is 9.52. The molecular weight excluding hydrogens is 430 g/mol. The average molecular weight is 452 g/mol. The number of carbonyl (C=O) groups is 1. The van der Waals surface area contributed by atoms with Gasteiger partial charge in [-0.2, -0.15) is 4.31 Å². The maximum absolute atomic E-state index is 13.0. The fourth-order valence-electron chi connectivity index (χ4n) is 3.36. The molecule has 0 radical (unpaired) electrons. The molecule has 0 aromatic heterocycles. The van der Waals surface area contributed by atoms with Crippen LogP contribution in [0, 0.1) is 0 Å². The van der Waals surface area contributed by atoms with Crippen LogP contribution in [-0.2, 0) is 10.0 Å². The number of sulfonamides is 1. The lowest BCUT2D eigenvalue weighted by atomic mass is 10.1. The molecule has 30 heavy (non-hydrogen) atoms. The van der Waals surface area contributed by atoms with Crippen LogP contribution < -0.4 is 14.8 Å². The first-order valence-electron chi connectivity index (χ1n) is 9.54. The Labute approximate surface area is 180 Å². The molecule has 0 spiro atoms. The summed E-state index contributed by atoms with van der Waals surface area (Å²) < 4.78 is 38.3. The number of likely N-dealkylation sites (N-methyl/N-ethyl adjacent to an activating group) is 1. The van der Waals surface area contributed by atoms with Crippen molar-refractivity contribution >= 4 is 33.2 Å². The number of halogens is 1. The highest BCUT2D eigenvalue weighted by molar-refractivity contribution is 7.89. The number of fused-ring (bicyclic) bond motifs is 1. The molecule has 2 aliphatic rings. The Morgan fingerprint density at radius 1 is 1.07 bits per heavy atom. The van der Waals surface area contributed by atoms with Crippen LogP contribution in [0.3, 0.4) is 0 Å². The Morgan fingerprint density at radius 2 is 1.80 bits per heavy atom. The van der Waals surface area contributed by atoms with E-state index in [0.29, 0.717) is 56.6 Å². The van der Waals surface area contributed by atoms with Crippen molar-refractivity contribution in [1.29, 1.82) is 0 Å². The predicted molar refractivity (Wildman–Crippen MR) is 113 cm³/mol. The molecule has 1 N–H and O–H groups in total. The Kier molecular flexibility index (Phi) is 5.88. The van der Waals surface area contributed by atoms with Gasteiger partial charge in [0, 0.05) is 37.4 Å². The summed E-state index contributed by atoms with van der Waals surface area (Å²) in [6.07, 6.45) is 0. The van der Waals surface area contributed by atoms with Gasteiger partial charge in [0.15, 0.2) is 11.5 Å². The molecule has 2 aliphatic heterocycles. The molecule has 4 rings (SSSR count). The van der Waals surface area contributed by atoms with E-state index in [1.807, 2.05) is 7.05 Å². The summed E-state index contributed by atoms with van der Waals surface area (Å²) in [5.41, 5.74) is 0.665. The molecule has 1 amide bonds. The minimum atomic E-state index is -3.63. The van der Waals surface area contributed by atoms with E-state index in [1.54, 1.807) is 18.2 Å². The smallest absolute Gasteiger partial charge is 0.255 e. The van der Waals surface area contributed by atoms with Crippen LogP contribution in [0.25, 0.3) is 0 Å². The van der Waals surface area contributed by atoms with E-state index in [0.717, 1.165) is 0 Å². The van der Waals surface area contributed by atoms with Crippen molar-refractivity contribution in [3.05, 3.63) is 47.0 Å². The first-order valence-corrected chi connectivity index (χ1v) is 11.4. The fraction of sp³-hybridized carbons (Fsp3) is 0.350. The van der Waals surface area contributed by atoms with Crippen LogP contribution >= 0.6 is 11.6 Å². The normalized spacial score (nSPS) is 17.5. The van der Waals surface area contributed by atoms with E-state index >= 15 is 0 Å². The van der Waals surface area contributed by atoms with Crippen LogP contribution in [0.2, 0.25) is 5.02 Å². The predicted octanol–water partition coefficient (Wildman–Crippen LogP) is 2.30. The highest BCUT2D eigenvalue weighted by atomic mass is 35.5. The lowest BCUT2D eigenvalue weighted by Crippen LogP contribution is -2.47. The second kappa shape index (κ2) is 8.43. The van der Waals surface area contributed by atoms with Crippen LogP contribution in [0.15, 0.2) is 41.3 Å². The number of amides is 1. The maximum atomic E-state index is 13.0. The van der Waals surface area contributed by atoms with Gasteiger partial charge in [0.25, 0.3) is 5.91 Å². The highest BCUT2D eigenvalue weighted by Gasteiger charge is 2.27. The van der Waals surface area contributed by atoms with Gasteiger partial charge in [-0.3, -0.25) is 4.79 Å². The third kappa shape index (κ3) is 4.24. The minimum absolute atomic E-state index is 0.144. The zero-order valence-corrected chi connectivity index (χ0v) is 18.0. The number of hydrogen-bond donors (Lipinski definition) is 1. The van der Waals surface area contributed by atoms with E-state index in [2.05, 4.69) is 10.2 Å². The number of piperazine rings is 1. The summed E-state index contributed by atoms with van der Waals surface area (Å²) in [4.78, 5) is 14.9. The number of ether oxygens (including phenoxy) is 2. The van der Waals surface area contributed by atoms with E-state index < -0.39 is 15.9 Å². The largest absolute Gasteiger partial charge is 0.486 e. The van der Waals surface area contributed by atoms with Crippen molar-refractivity contribution in [3.63, 3.8) is 0 Å². The van der Waals surface area contributed by atoms with Crippen LogP contribution in [-0.4, -0.2) is 70.0 Å². The highest BCUT2D eigenvalue weighted by Crippen LogP contribution is 2.38. The first kappa shape index (κ1) is 20.9. The number of anilines is 1. The van der Waals surface area contributed by atoms with E-state index in [4.69, 9.17) is 21.1 Å². The number of nitrogens with one attached hydrogen (secondary N) is 1. The van der Waals surface area contributed by atoms with Crippen LogP contribution in [0.5, 0.6) is 11.5 Å². The molecule has 10 heteroatoms. The van der Waals surface area contributed by atoms with Crippen molar-refractivity contribution in [2.75, 3.05) is 51.8 Å². The lowest BCUT2D eigenvalue weighted by Gasteiger charge is -2.31. The van der Waals surface area contributed by atoms with Gasteiger partial charge in [-0.05, 0) is 37.4 Å². The molecule has 0 atom stereocenters. The van der Waals surface area contributed by atoms with Crippen molar-refractivity contribution < 1.29 is 22.7 Å². The average Bonchev–Trinajstić information content (AvgIpc) is 2.74. The SMILES string of the molecule is CN1CCN(S(=O)(=O)c2cccc(NC(=O)c3cc(Cl)c4c(c3)OCCO4)c2)CC1. The molecule has 1 fully saturated rings. The quantitative estimate of drug-likeness (QED) is 0.767. The summed E-state index contributed by atoms with van der Waals surface area (Å²) >= 11 is 6.20. The topological polar surface area (TPSA) is 88.2 Å². The molecule has 0 unspecified atom stereocenters. The van der Waals surface area contributed by atoms with Gasteiger partial charge < -0.3 is 19.7 Å². The Hall–Kier alpha value is -2.33. The summed E-state index contributed by atoms with van der Waals surface area (Å²) in [6.45, 7) is 3.00. The molecule has 2 aromatic carbocycles. The van der Waals surface area contributed by atoms with E-state index in [1.165, 1.54) is 22.5 Å². The van der Waals surface area contributed by atoms with Crippen LogP contribution in [0.4, 0.5) is 5.69 Å². The number of rotatable bonds is 4. The number of hydrogen-bond acceptors (Lipinski definition) is 6. The molecule has 160 valence electrons. The van der Waals surface area contributed by atoms with Gasteiger partial charge in [-0.15, -0.1) is 0 Å². The number of nitrogens with zero attached hydrogens (tertiary/aromatic N) is 2. The molecule has 0 aliphatic carbocycles. The van der Waals surface area contributed by atoms with Gasteiger partial charge in [-0.25, -0.2) is 8.42 Å². The van der Waals surface area contributed by atoms with Crippen molar-refractivity contribution in [3.8, 4) is 11.5 Å². The van der Waals surface area contributed by atoms with Crippen molar-refractivity contribution in [1.82, 2.24) is 9.21 Å². The Morgan fingerprint density at radius 3 is 2.57 bits per heavy atom. The van der Waals surface area contributed by atoms with Gasteiger partial charge in [0.1, 0.15) is 13.2 Å². The summed E-state index contributed by atoms with van der Waals surface area (Å²) in [5.74, 6) is 0.396. The maximum Gasteiger partial charge on any atom is 0.255 e. The first-order chi connectivity index (χ1) is 14.3. The number of benzene rings is 2. The third-order valence-electron chi connectivity index (χ3n) is 5.05. The molecule has 1 saturated heterocycles. The van der Waals surface area contributed by atoms with Crippen molar-refractivity contribution in [2.24, 2.45) is 0 Å². The van der Waals surface area contributed by atoms with Gasteiger partial charge >= 0.3 is 0 Å². The summed E-state index contributed by atoms with van der Waals surface area (Å²) in [6, 6.07) is 9.29. The summed E-state index contributed by atoms with van der Waals surface area (Å²) in [5, 5.41) is 3.01.